The Bertz CT molecular complexity index is 528. The minimum atomic E-state index is -0.108. The van der Waals surface area contributed by atoms with Crippen molar-refractivity contribution >= 4 is 5.97 Å². The highest BCUT2D eigenvalue weighted by atomic mass is 16.5. The molecule has 4 saturated carbocycles. The molecule has 0 amide bonds. The summed E-state index contributed by atoms with van der Waals surface area (Å²) in [5, 5.41) is 0. The van der Waals surface area contributed by atoms with Crippen molar-refractivity contribution in [2.24, 2.45) is 40.4 Å². The highest BCUT2D eigenvalue weighted by Crippen LogP contribution is 2.67. The van der Waals surface area contributed by atoms with Crippen molar-refractivity contribution in [3.63, 3.8) is 0 Å². The second kappa shape index (κ2) is 6.27. The van der Waals surface area contributed by atoms with E-state index in [1.807, 2.05) is 0 Å². The van der Waals surface area contributed by atoms with E-state index >= 15 is 0 Å². The van der Waals surface area contributed by atoms with E-state index < -0.39 is 0 Å². The molecule has 0 aromatic heterocycles. The second-order valence-corrected chi connectivity index (χ2v) is 10.4. The molecule has 4 fully saturated rings. The van der Waals surface area contributed by atoms with Crippen LogP contribution in [0.2, 0.25) is 0 Å². The molecule has 25 heavy (non-hydrogen) atoms. The molecular formula is C23H38O2. The number of esters is 1. The minimum absolute atomic E-state index is 0.0886. The van der Waals surface area contributed by atoms with Crippen molar-refractivity contribution < 1.29 is 9.53 Å². The molecule has 2 heteroatoms. The first-order valence-corrected chi connectivity index (χ1v) is 11.0. The molecule has 0 N–H and O–H groups in total. The zero-order valence-corrected chi connectivity index (χ0v) is 16.9. The van der Waals surface area contributed by atoms with Gasteiger partial charge in [0.1, 0.15) is 6.10 Å². The SMILES string of the molecule is CC(=O)O[C@H](C)[C@@H]1CC[C@@H]2[C@@H]3CC[C@H]4CCCC[C@]4(C)[C@H]3CC[C@]21C. The summed E-state index contributed by atoms with van der Waals surface area (Å²) in [6, 6.07) is 0. The lowest BCUT2D eigenvalue weighted by molar-refractivity contribution is -0.154. The number of hydrogen-bond donors (Lipinski definition) is 0. The molecule has 0 unspecified atom stereocenters. The van der Waals surface area contributed by atoms with E-state index in [4.69, 9.17) is 4.74 Å². The third-order valence-electron chi connectivity index (χ3n) is 9.58. The largest absolute Gasteiger partial charge is 0.463 e. The third kappa shape index (κ3) is 2.69. The summed E-state index contributed by atoms with van der Waals surface area (Å²) in [6.07, 6.45) is 14.4. The highest BCUT2D eigenvalue weighted by molar-refractivity contribution is 5.66. The van der Waals surface area contributed by atoms with Gasteiger partial charge in [-0.1, -0.05) is 26.7 Å². The number of ether oxygens (including phenoxy) is 1. The molecule has 0 aromatic rings. The van der Waals surface area contributed by atoms with Crippen LogP contribution in [0.4, 0.5) is 0 Å². The fourth-order valence-corrected chi connectivity index (χ4v) is 8.45. The van der Waals surface area contributed by atoms with Gasteiger partial charge in [-0.05, 0) is 92.8 Å². The summed E-state index contributed by atoms with van der Waals surface area (Å²) >= 11 is 0. The van der Waals surface area contributed by atoms with E-state index in [0.29, 0.717) is 16.7 Å². The van der Waals surface area contributed by atoms with Gasteiger partial charge in [-0.25, -0.2) is 0 Å². The van der Waals surface area contributed by atoms with Crippen LogP contribution in [-0.2, 0) is 9.53 Å². The minimum Gasteiger partial charge on any atom is -0.463 e. The van der Waals surface area contributed by atoms with Crippen LogP contribution in [0.3, 0.4) is 0 Å². The highest BCUT2D eigenvalue weighted by Gasteiger charge is 2.60. The van der Waals surface area contributed by atoms with Crippen molar-refractivity contribution in [1.29, 1.82) is 0 Å². The Kier molecular flexibility index (Phi) is 4.48. The monoisotopic (exact) mass is 346 g/mol. The van der Waals surface area contributed by atoms with Gasteiger partial charge < -0.3 is 4.74 Å². The van der Waals surface area contributed by atoms with Crippen LogP contribution in [0.15, 0.2) is 0 Å². The Hall–Kier alpha value is -0.530. The van der Waals surface area contributed by atoms with E-state index in [9.17, 15) is 4.79 Å². The zero-order chi connectivity index (χ0) is 17.8. The molecule has 0 heterocycles. The number of rotatable bonds is 2. The Morgan fingerprint density at radius 3 is 2.44 bits per heavy atom. The molecule has 8 atom stereocenters. The Morgan fingerprint density at radius 2 is 1.68 bits per heavy atom. The van der Waals surface area contributed by atoms with Crippen LogP contribution in [0, 0.1) is 40.4 Å². The Morgan fingerprint density at radius 1 is 0.920 bits per heavy atom. The molecule has 0 saturated heterocycles. The molecule has 0 aromatic carbocycles. The maximum atomic E-state index is 11.5. The van der Waals surface area contributed by atoms with E-state index in [1.54, 1.807) is 6.92 Å². The summed E-state index contributed by atoms with van der Waals surface area (Å²) in [5.41, 5.74) is 1.02. The summed E-state index contributed by atoms with van der Waals surface area (Å²) in [4.78, 5) is 11.5. The van der Waals surface area contributed by atoms with E-state index in [0.717, 1.165) is 23.7 Å². The predicted octanol–water partition coefficient (Wildman–Crippen LogP) is 5.99. The molecular weight excluding hydrogens is 308 g/mol. The molecule has 4 aliphatic carbocycles. The van der Waals surface area contributed by atoms with Gasteiger partial charge in [-0.3, -0.25) is 4.79 Å². The first-order valence-electron chi connectivity index (χ1n) is 11.0. The fraction of sp³-hybridized carbons (Fsp3) is 0.957. The summed E-state index contributed by atoms with van der Waals surface area (Å²) in [6.45, 7) is 8.91. The summed E-state index contributed by atoms with van der Waals surface area (Å²) in [7, 11) is 0. The first kappa shape index (κ1) is 17.9. The standard InChI is InChI=1S/C23H38O2/c1-15(25-16(2)24)19-10-11-20-18-9-8-17-7-5-6-13-22(17,3)21(18)12-14-23(19,20)4/h15,17-21H,5-14H2,1-4H3/t15-,17-,18+,19+,20-,21+,22+,23+/m1/s1. The first-order chi connectivity index (χ1) is 11.9. The van der Waals surface area contributed by atoms with Gasteiger partial charge in [0.2, 0.25) is 0 Å². The van der Waals surface area contributed by atoms with Crippen LogP contribution >= 0.6 is 0 Å². The van der Waals surface area contributed by atoms with E-state index in [2.05, 4.69) is 20.8 Å². The van der Waals surface area contributed by atoms with Gasteiger partial charge in [0, 0.05) is 12.8 Å². The van der Waals surface area contributed by atoms with Gasteiger partial charge in [-0.2, -0.15) is 0 Å². The van der Waals surface area contributed by atoms with Crippen LogP contribution in [-0.4, -0.2) is 12.1 Å². The lowest BCUT2D eigenvalue weighted by atomic mass is 9.45. The predicted molar refractivity (Wildman–Crippen MR) is 101 cm³/mol. The van der Waals surface area contributed by atoms with Crippen molar-refractivity contribution in [2.75, 3.05) is 0 Å². The maximum Gasteiger partial charge on any atom is 0.302 e. The summed E-state index contributed by atoms with van der Waals surface area (Å²) < 4.78 is 5.65. The van der Waals surface area contributed by atoms with E-state index in [1.165, 1.54) is 64.2 Å². The topological polar surface area (TPSA) is 26.3 Å². The number of hydrogen-bond acceptors (Lipinski definition) is 2. The smallest absolute Gasteiger partial charge is 0.302 e. The van der Waals surface area contributed by atoms with Gasteiger partial charge in [0.25, 0.3) is 0 Å². The van der Waals surface area contributed by atoms with Gasteiger partial charge >= 0.3 is 5.97 Å². The number of carbonyl (C=O) groups excluding carboxylic acids is 1. The van der Waals surface area contributed by atoms with Crippen molar-refractivity contribution in [3.8, 4) is 0 Å². The zero-order valence-electron chi connectivity index (χ0n) is 16.9. The van der Waals surface area contributed by atoms with Gasteiger partial charge in [-0.15, -0.1) is 0 Å². The third-order valence-corrected chi connectivity index (χ3v) is 9.58. The van der Waals surface area contributed by atoms with E-state index in [-0.39, 0.29) is 12.1 Å². The normalized spacial score (nSPS) is 50.3. The molecule has 0 spiro atoms. The molecule has 142 valence electrons. The molecule has 4 rings (SSSR count). The average molecular weight is 347 g/mol. The number of carbonyl (C=O) groups is 1. The van der Waals surface area contributed by atoms with Crippen LogP contribution < -0.4 is 0 Å². The van der Waals surface area contributed by atoms with Crippen LogP contribution in [0.1, 0.15) is 91.9 Å². The average Bonchev–Trinajstić information content (AvgIpc) is 2.91. The van der Waals surface area contributed by atoms with Gasteiger partial charge in [0.05, 0.1) is 0 Å². The lowest BCUT2D eigenvalue weighted by Gasteiger charge is -2.60. The van der Waals surface area contributed by atoms with Crippen molar-refractivity contribution in [2.45, 2.75) is 98.0 Å². The molecule has 2 nitrogen and oxygen atoms in total. The molecule has 4 aliphatic rings. The Balaban J connectivity index is 1.56. The molecule has 0 aliphatic heterocycles. The lowest BCUT2D eigenvalue weighted by Crippen LogP contribution is -2.53. The quantitative estimate of drug-likeness (QED) is 0.574. The van der Waals surface area contributed by atoms with Crippen molar-refractivity contribution in [1.82, 2.24) is 0 Å². The fourth-order valence-electron chi connectivity index (χ4n) is 8.45. The Labute approximate surface area is 154 Å². The van der Waals surface area contributed by atoms with Gasteiger partial charge in [0.15, 0.2) is 0 Å². The van der Waals surface area contributed by atoms with Crippen molar-refractivity contribution in [3.05, 3.63) is 0 Å². The molecule has 0 radical (unpaired) electrons. The summed E-state index contributed by atoms with van der Waals surface area (Å²) in [5.74, 6) is 4.24. The number of fused-ring (bicyclic) bond motifs is 5. The maximum absolute atomic E-state index is 11.5. The second-order valence-electron chi connectivity index (χ2n) is 10.4. The van der Waals surface area contributed by atoms with Crippen LogP contribution in [0.25, 0.3) is 0 Å². The van der Waals surface area contributed by atoms with Crippen LogP contribution in [0.5, 0.6) is 0 Å². The molecule has 0 bridgehead atoms.